The molecule has 1 amide bonds. The van der Waals surface area contributed by atoms with Crippen LogP contribution in [-0.2, 0) is 9.53 Å². The van der Waals surface area contributed by atoms with Crippen LogP contribution in [0.25, 0.3) is 33.5 Å². The molecule has 0 radical (unpaired) electrons. The first-order valence-electron chi connectivity index (χ1n) is 13.2. The molecule has 1 N–H and O–H groups in total. The summed E-state index contributed by atoms with van der Waals surface area (Å²) in [5.41, 5.74) is 5.33. The van der Waals surface area contributed by atoms with Crippen LogP contribution in [0.4, 0.5) is 5.69 Å². The Morgan fingerprint density at radius 1 is 0.750 bits per heavy atom. The molecule has 40 heavy (non-hydrogen) atoms. The van der Waals surface area contributed by atoms with Gasteiger partial charge in [-0.2, -0.15) is 0 Å². The normalized spacial score (nSPS) is 11.6. The van der Waals surface area contributed by atoms with Crippen LogP contribution in [0.2, 0.25) is 0 Å². The van der Waals surface area contributed by atoms with E-state index in [0.717, 1.165) is 16.8 Å². The van der Waals surface area contributed by atoms with Gasteiger partial charge in [-0.15, -0.1) is 0 Å². The van der Waals surface area contributed by atoms with E-state index in [-0.39, 0.29) is 5.56 Å². The molecule has 7 heteroatoms. The number of hydrogen-bond acceptors (Lipinski definition) is 6. The van der Waals surface area contributed by atoms with Gasteiger partial charge in [0.1, 0.15) is 5.75 Å². The Balaban J connectivity index is 1.42. The van der Waals surface area contributed by atoms with Gasteiger partial charge in [-0.05, 0) is 43.7 Å². The molecule has 0 fully saturated rings. The topological polar surface area (TPSA) is 90.4 Å². The average molecular weight is 532 g/mol. The molecular formula is C33H29N3O4. The number of fused-ring (bicyclic) bond motifs is 1. The maximum absolute atomic E-state index is 13.2. The maximum atomic E-state index is 13.2. The zero-order valence-corrected chi connectivity index (χ0v) is 22.3. The maximum Gasteiger partial charge on any atom is 0.338 e. The zero-order chi connectivity index (χ0) is 27.9. The smallest absolute Gasteiger partial charge is 0.338 e. The first kappa shape index (κ1) is 26.6. The monoisotopic (exact) mass is 531 g/mol. The molecule has 0 aliphatic carbocycles. The van der Waals surface area contributed by atoms with E-state index in [1.54, 1.807) is 43.3 Å². The Kier molecular flexibility index (Phi) is 8.11. The molecule has 5 aromatic rings. The van der Waals surface area contributed by atoms with Crippen molar-refractivity contribution in [2.45, 2.75) is 26.4 Å². The standard InChI is InChI=1S/C33H29N3O4/c1-3-28(32(37)36-26-17-11-12-18-29(26)39-4-2)40-33(38)24-19-20-25-27(21-24)35-31(23-15-9-6-10-16-23)30(34-25)22-13-7-5-8-14-22/h5-21,28H,3-4H2,1-2H3,(H,36,37). The first-order chi connectivity index (χ1) is 19.6. The fourth-order valence-corrected chi connectivity index (χ4v) is 4.36. The third kappa shape index (κ3) is 5.83. The number of carbonyl (C=O) groups excluding carboxylic acids is 2. The van der Waals surface area contributed by atoms with Crippen LogP contribution < -0.4 is 10.1 Å². The van der Waals surface area contributed by atoms with Crippen molar-refractivity contribution in [3.8, 4) is 28.3 Å². The quantitative estimate of drug-likeness (QED) is 0.207. The van der Waals surface area contributed by atoms with Gasteiger partial charge in [0.05, 0.1) is 40.3 Å². The van der Waals surface area contributed by atoms with Crippen LogP contribution in [0.5, 0.6) is 5.75 Å². The van der Waals surface area contributed by atoms with Crippen LogP contribution in [0, 0.1) is 0 Å². The molecule has 0 aliphatic heterocycles. The molecule has 0 bridgehead atoms. The number of esters is 1. The van der Waals surface area contributed by atoms with E-state index in [4.69, 9.17) is 19.4 Å². The van der Waals surface area contributed by atoms with Gasteiger partial charge in [0.2, 0.25) is 0 Å². The van der Waals surface area contributed by atoms with Gasteiger partial charge < -0.3 is 14.8 Å². The largest absolute Gasteiger partial charge is 0.492 e. The van der Waals surface area contributed by atoms with Crippen molar-refractivity contribution in [3.63, 3.8) is 0 Å². The van der Waals surface area contributed by atoms with E-state index in [1.165, 1.54) is 0 Å². The Labute approximate surface area is 232 Å². The number of rotatable bonds is 9. The Morgan fingerprint density at radius 3 is 1.98 bits per heavy atom. The number of ether oxygens (including phenoxy) is 2. The average Bonchev–Trinajstić information content (AvgIpc) is 3.00. The van der Waals surface area contributed by atoms with Crippen LogP contribution in [0.15, 0.2) is 103 Å². The molecular weight excluding hydrogens is 502 g/mol. The molecule has 4 aromatic carbocycles. The van der Waals surface area contributed by atoms with Gasteiger partial charge in [0.25, 0.3) is 5.91 Å². The van der Waals surface area contributed by atoms with Crippen molar-refractivity contribution in [1.29, 1.82) is 0 Å². The number of amides is 1. The number of nitrogens with zero attached hydrogens (tertiary/aromatic N) is 2. The van der Waals surface area contributed by atoms with Crippen molar-refractivity contribution in [1.82, 2.24) is 9.97 Å². The highest BCUT2D eigenvalue weighted by molar-refractivity contribution is 5.99. The second-order valence-electron chi connectivity index (χ2n) is 9.08. The molecule has 7 nitrogen and oxygen atoms in total. The molecule has 0 saturated carbocycles. The summed E-state index contributed by atoms with van der Waals surface area (Å²) in [5.74, 6) is -0.489. The lowest BCUT2D eigenvalue weighted by Gasteiger charge is -2.18. The number of nitrogens with one attached hydrogen (secondary N) is 1. The summed E-state index contributed by atoms with van der Waals surface area (Å²) >= 11 is 0. The summed E-state index contributed by atoms with van der Waals surface area (Å²) in [6.45, 7) is 4.12. The fourth-order valence-electron chi connectivity index (χ4n) is 4.36. The predicted molar refractivity (Wildman–Crippen MR) is 156 cm³/mol. The second-order valence-corrected chi connectivity index (χ2v) is 9.08. The van der Waals surface area contributed by atoms with Crippen molar-refractivity contribution in [2.24, 2.45) is 0 Å². The van der Waals surface area contributed by atoms with Crippen LogP contribution in [0.1, 0.15) is 30.6 Å². The molecule has 5 rings (SSSR count). The number of hydrogen-bond donors (Lipinski definition) is 1. The number of aromatic nitrogens is 2. The molecule has 1 atom stereocenters. The van der Waals surface area contributed by atoms with E-state index in [1.807, 2.05) is 73.7 Å². The van der Waals surface area contributed by atoms with Gasteiger partial charge in [-0.3, -0.25) is 4.79 Å². The lowest BCUT2D eigenvalue weighted by Crippen LogP contribution is -2.32. The van der Waals surface area contributed by atoms with Crippen LogP contribution >= 0.6 is 0 Å². The fraction of sp³-hybridized carbons (Fsp3) is 0.152. The Bertz CT molecular complexity index is 1640. The third-order valence-electron chi connectivity index (χ3n) is 6.35. The molecule has 1 aromatic heterocycles. The molecule has 1 unspecified atom stereocenters. The summed E-state index contributed by atoms with van der Waals surface area (Å²) in [4.78, 5) is 36.0. The SMILES string of the molecule is CCOc1ccccc1NC(=O)C(CC)OC(=O)c1ccc2nc(-c3ccccc3)c(-c3ccccc3)nc2c1. The lowest BCUT2D eigenvalue weighted by molar-refractivity contribution is -0.124. The minimum absolute atomic E-state index is 0.286. The van der Waals surface area contributed by atoms with Crippen LogP contribution in [-0.4, -0.2) is 34.6 Å². The van der Waals surface area contributed by atoms with Gasteiger partial charge in [-0.25, -0.2) is 14.8 Å². The molecule has 1 heterocycles. The van der Waals surface area contributed by atoms with E-state index in [9.17, 15) is 9.59 Å². The third-order valence-corrected chi connectivity index (χ3v) is 6.35. The van der Waals surface area contributed by atoms with Gasteiger partial charge in [-0.1, -0.05) is 79.7 Å². The highest BCUT2D eigenvalue weighted by Crippen LogP contribution is 2.31. The highest BCUT2D eigenvalue weighted by Gasteiger charge is 2.24. The van der Waals surface area contributed by atoms with Gasteiger partial charge >= 0.3 is 5.97 Å². The van der Waals surface area contributed by atoms with Gasteiger partial charge in [0.15, 0.2) is 6.10 Å². The summed E-state index contributed by atoms with van der Waals surface area (Å²) in [6.07, 6.45) is -0.676. The summed E-state index contributed by atoms with van der Waals surface area (Å²) in [6, 6.07) is 31.9. The number of anilines is 1. The number of benzene rings is 4. The van der Waals surface area contributed by atoms with Crippen molar-refractivity contribution >= 4 is 28.6 Å². The Hall–Kier alpha value is -5.04. The minimum atomic E-state index is -0.982. The van der Waals surface area contributed by atoms with Crippen LogP contribution in [0.3, 0.4) is 0 Å². The van der Waals surface area contributed by atoms with Gasteiger partial charge in [0, 0.05) is 11.1 Å². The molecule has 200 valence electrons. The molecule has 0 aliphatic rings. The van der Waals surface area contributed by atoms with Crippen molar-refractivity contribution < 1.29 is 19.1 Å². The van der Waals surface area contributed by atoms with E-state index < -0.39 is 18.0 Å². The summed E-state index contributed by atoms with van der Waals surface area (Å²) in [5, 5.41) is 2.82. The highest BCUT2D eigenvalue weighted by atomic mass is 16.5. The van der Waals surface area contributed by atoms with Crippen molar-refractivity contribution in [3.05, 3.63) is 109 Å². The zero-order valence-electron chi connectivity index (χ0n) is 22.3. The van der Waals surface area contributed by atoms with E-state index >= 15 is 0 Å². The lowest BCUT2D eigenvalue weighted by atomic mass is 10.0. The molecule has 0 saturated heterocycles. The van der Waals surface area contributed by atoms with E-state index in [0.29, 0.717) is 41.2 Å². The number of carbonyl (C=O) groups is 2. The summed E-state index contributed by atoms with van der Waals surface area (Å²) < 4.78 is 11.2. The second kappa shape index (κ2) is 12.2. The first-order valence-corrected chi connectivity index (χ1v) is 13.2. The predicted octanol–water partition coefficient (Wildman–Crippen LogP) is 6.94. The summed E-state index contributed by atoms with van der Waals surface area (Å²) in [7, 11) is 0. The number of para-hydroxylation sites is 2. The Morgan fingerprint density at radius 2 is 1.35 bits per heavy atom. The van der Waals surface area contributed by atoms with E-state index in [2.05, 4.69) is 5.32 Å². The van der Waals surface area contributed by atoms with Crippen molar-refractivity contribution in [2.75, 3.05) is 11.9 Å². The molecule has 0 spiro atoms. The minimum Gasteiger partial charge on any atom is -0.492 e.